The smallest absolute Gasteiger partial charge is 0.129 e. The average molecular weight is 290 g/mol. The van der Waals surface area contributed by atoms with E-state index in [9.17, 15) is 0 Å². The van der Waals surface area contributed by atoms with E-state index in [-0.39, 0.29) is 0 Å². The van der Waals surface area contributed by atoms with Gasteiger partial charge in [-0.2, -0.15) is 5.10 Å². The standard InChI is InChI=1S/C16H20ClN3/c1-20-16(18)15(12-8-4-5-9-13(12)17)14(19-20)10-11-6-2-3-7-11/h4-5,8-9,11H,2-3,6-7,10,18H2,1H3. The second kappa shape index (κ2) is 5.49. The molecule has 0 saturated heterocycles. The molecule has 1 aliphatic rings. The van der Waals surface area contributed by atoms with Gasteiger partial charge in [-0.05, 0) is 18.4 Å². The Labute approximate surface area is 124 Å². The van der Waals surface area contributed by atoms with Gasteiger partial charge < -0.3 is 5.73 Å². The van der Waals surface area contributed by atoms with Crippen LogP contribution >= 0.6 is 11.6 Å². The summed E-state index contributed by atoms with van der Waals surface area (Å²) in [5, 5.41) is 5.36. The van der Waals surface area contributed by atoms with Crippen LogP contribution < -0.4 is 5.73 Å². The molecule has 1 aliphatic carbocycles. The van der Waals surface area contributed by atoms with Gasteiger partial charge in [-0.3, -0.25) is 4.68 Å². The molecule has 3 rings (SSSR count). The monoisotopic (exact) mass is 289 g/mol. The molecular weight excluding hydrogens is 270 g/mol. The summed E-state index contributed by atoms with van der Waals surface area (Å²) in [5.41, 5.74) is 9.32. The molecule has 4 heteroatoms. The van der Waals surface area contributed by atoms with Gasteiger partial charge in [0.25, 0.3) is 0 Å². The number of anilines is 1. The lowest BCUT2D eigenvalue weighted by atomic mass is 9.96. The molecule has 0 bridgehead atoms. The Balaban J connectivity index is 2.02. The van der Waals surface area contributed by atoms with Crippen LogP contribution in [0.25, 0.3) is 11.1 Å². The van der Waals surface area contributed by atoms with E-state index in [0.717, 1.165) is 34.2 Å². The minimum atomic E-state index is 0.700. The summed E-state index contributed by atoms with van der Waals surface area (Å²) in [7, 11) is 1.90. The van der Waals surface area contributed by atoms with E-state index >= 15 is 0 Å². The van der Waals surface area contributed by atoms with Crippen LogP contribution in [0.1, 0.15) is 31.4 Å². The maximum Gasteiger partial charge on any atom is 0.129 e. The van der Waals surface area contributed by atoms with Crippen molar-refractivity contribution >= 4 is 17.4 Å². The maximum atomic E-state index is 6.34. The van der Waals surface area contributed by atoms with Crippen LogP contribution in [0.5, 0.6) is 0 Å². The Kier molecular flexibility index (Phi) is 3.70. The molecule has 1 saturated carbocycles. The topological polar surface area (TPSA) is 43.8 Å². The summed E-state index contributed by atoms with van der Waals surface area (Å²) in [6.45, 7) is 0. The van der Waals surface area contributed by atoms with Gasteiger partial charge in [-0.15, -0.1) is 0 Å². The quantitative estimate of drug-likeness (QED) is 0.926. The van der Waals surface area contributed by atoms with E-state index < -0.39 is 0 Å². The van der Waals surface area contributed by atoms with Crippen molar-refractivity contribution in [1.29, 1.82) is 0 Å². The Morgan fingerprint density at radius 2 is 2.00 bits per heavy atom. The number of nitrogens with two attached hydrogens (primary N) is 1. The molecule has 2 aromatic rings. The predicted octanol–water partition coefficient (Wildman–Crippen LogP) is 4.06. The minimum Gasteiger partial charge on any atom is -0.383 e. The first-order valence-corrected chi connectivity index (χ1v) is 7.61. The van der Waals surface area contributed by atoms with Crippen molar-refractivity contribution in [3.63, 3.8) is 0 Å². The number of aryl methyl sites for hydroxylation is 1. The van der Waals surface area contributed by atoms with Crippen molar-refractivity contribution in [3.05, 3.63) is 35.0 Å². The number of aromatic nitrogens is 2. The number of nitrogens with zero attached hydrogens (tertiary/aromatic N) is 2. The van der Waals surface area contributed by atoms with Crippen LogP contribution in [0.4, 0.5) is 5.82 Å². The molecule has 0 aliphatic heterocycles. The first-order chi connectivity index (χ1) is 9.66. The third kappa shape index (κ3) is 2.42. The van der Waals surface area contributed by atoms with Crippen LogP contribution in [0, 0.1) is 5.92 Å². The fourth-order valence-corrected chi connectivity index (χ4v) is 3.41. The zero-order chi connectivity index (χ0) is 14.1. The summed E-state index contributed by atoms with van der Waals surface area (Å²) >= 11 is 6.34. The molecule has 0 radical (unpaired) electrons. The molecule has 2 N–H and O–H groups in total. The van der Waals surface area contributed by atoms with Gasteiger partial charge in [0, 0.05) is 23.2 Å². The molecular formula is C16H20ClN3. The van der Waals surface area contributed by atoms with E-state index in [1.165, 1.54) is 25.7 Å². The fraction of sp³-hybridized carbons (Fsp3) is 0.438. The first kappa shape index (κ1) is 13.5. The van der Waals surface area contributed by atoms with Gasteiger partial charge >= 0.3 is 0 Å². The SMILES string of the molecule is Cn1nc(CC2CCCC2)c(-c2ccccc2Cl)c1N. The molecule has 0 amide bonds. The Hall–Kier alpha value is -1.48. The molecule has 0 spiro atoms. The number of hydrogen-bond donors (Lipinski definition) is 1. The van der Waals surface area contributed by atoms with Crippen LogP contribution in [0.15, 0.2) is 24.3 Å². The number of nitrogen functional groups attached to an aromatic ring is 1. The van der Waals surface area contributed by atoms with Crippen molar-refractivity contribution in [2.24, 2.45) is 13.0 Å². The maximum absolute atomic E-state index is 6.34. The molecule has 0 unspecified atom stereocenters. The van der Waals surface area contributed by atoms with Crippen molar-refractivity contribution in [1.82, 2.24) is 9.78 Å². The highest BCUT2D eigenvalue weighted by atomic mass is 35.5. The Morgan fingerprint density at radius 1 is 1.30 bits per heavy atom. The minimum absolute atomic E-state index is 0.700. The number of benzene rings is 1. The van der Waals surface area contributed by atoms with Gasteiger partial charge in [0.1, 0.15) is 5.82 Å². The molecule has 1 fully saturated rings. The molecule has 106 valence electrons. The molecule has 20 heavy (non-hydrogen) atoms. The van der Waals surface area contributed by atoms with Gasteiger partial charge in [0.15, 0.2) is 0 Å². The van der Waals surface area contributed by atoms with E-state index in [4.69, 9.17) is 17.3 Å². The molecule has 1 aromatic heterocycles. The summed E-state index contributed by atoms with van der Waals surface area (Å²) in [4.78, 5) is 0. The zero-order valence-electron chi connectivity index (χ0n) is 11.8. The lowest BCUT2D eigenvalue weighted by Crippen LogP contribution is -2.01. The van der Waals surface area contributed by atoms with Crippen LogP contribution in [-0.4, -0.2) is 9.78 Å². The van der Waals surface area contributed by atoms with Gasteiger partial charge in [0.2, 0.25) is 0 Å². The highest BCUT2D eigenvalue weighted by molar-refractivity contribution is 6.33. The van der Waals surface area contributed by atoms with Gasteiger partial charge in [-0.1, -0.05) is 55.5 Å². The van der Waals surface area contributed by atoms with Crippen molar-refractivity contribution in [2.75, 3.05) is 5.73 Å². The van der Waals surface area contributed by atoms with Crippen LogP contribution in [0.2, 0.25) is 5.02 Å². The fourth-order valence-electron chi connectivity index (χ4n) is 3.18. The molecule has 1 aromatic carbocycles. The molecule has 0 atom stereocenters. The predicted molar refractivity (Wildman–Crippen MR) is 83.7 cm³/mol. The second-order valence-electron chi connectivity index (χ2n) is 5.66. The van der Waals surface area contributed by atoms with Gasteiger partial charge in [0.05, 0.1) is 5.69 Å². The van der Waals surface area contributed by atoms with Gasteiger partial charge in [-0.25, -0.2) is 0 Å². The second-order valence-corrected chi connectivity index (χ2v) is 6.07. The largest absolute Gasteiger partial charge is 0.383 e. The average Bonchev–Trinajstić information content (AvgIpc) is 3.02. The molecule has 3 nitrogen and oxygen atoms in total. The Bertz CT molecular complexity index is 612. The van der Waals surface area contributed by atoms with E-state index in [1.807, 2.05) is 31.3 Å². The lowest BCUT2D eigenvalue weighted by Gasteiger charge is -2.10. The highest BCUT2D eigenvalue weighted by Gasteiger charge is 2.22. The lowest BCUT2D eigenvalue weighted by molar-refractivity contribution is 0.534. The third-order valence-corrected chi connectivity index (χ3v) is 4.59. The van der Waals surface area contributed by atoms with Crippen molar-refractivity contribution < 1.29 is 0 Å². The normalized spacial score (nSPS) is 15.9. The van der Waals surface area contributed by atoms with E-state index in [2.05, 4.69) is 5.10 Å². The number of halogens is 1. The summed E-state index contributed by atoms with van der Waals surface area (Å²) < 4.78 is 1.77. The summed E-state index contributed by atoms with van der Waals surface area (Å²) in [5.74, 6) is 1.44. The third-order valence-electron chi connectivity index (χ3n) is 4.26. The molecule has 1 heterocycles. The zero-order valence-corrected chi connectivity index (χ0v) is 12.5. The van der Waals surface area contributed by atoms with E-state index in [1.54, 1.807) is 4.68 Å². The van der Waals surface area contributed by atoms with Crippen LogP contribution in [0.3, 0.4) is 0 Å². The van der Waals surface area contributed by atoms with Crippen molar-refractivity contribution in [2.45, 2.75) is 32.1 Å². The Morgan fingerprint density at radius 3 is 2.70 bits per heavy atom. The highest BCUT2D eigenvalue weighted by Crippen LogP contribution is 2.37. The van der Waals surface area contributed by atoms with Crippen molar-refractivity contribution in [3.8, 4) is 11.1 Å². The van der Waals surface area contributed by atoms with Crippen LogP contribution in [-0.2, 0) is 13.5 Å². The number of hydrogen-bond acceptors (Lipinski definition) is 2. The number of rotatable bonds is 3. The first-order valence-electron chi connectivity index (χ1n) is 7.23. The summed E-state index contributed by atoms with van der Waals surface area (Å²) in [6.07, 6.45) is 6.30. The van der Waals surface area contributed by atoms with E-state index in [0.29, 0.717) is 5.82 Å². The summed E-state index contributed by atoms with van der Waals surface area (Å²) in [6, 6.07) is 7.86.